The molecule has 116 valence electrons. The first kappa shape index (κ1) is 18.9. The summed E-state index contributed by atoms with van der Waals surface area (Å²) in [6, 6.07) is 0.409. The van der Waals surface area contributed by atoms with Crippen LogP contribution in [0.3, 0.4) is 0 Å². The number of rotatable bonds is 13. The summed E-state index contributed by atoms with van der Waals surface area (Å²) < 4.78 is 5.63. The van der Waals surface area contributed by atoms with Crippen molar-refractivity contribution in [3.05, 3.63) is 0 Å². The van der Waals surface area contributed by atoms with E-state index in [1.807, 2.05) is 0 Å². The van der Waals surface area contributed by atoms with Crippen molar-refractivity contribution in [2.24, 2.45) is 0 Å². The first-order valence-electron chi connectivity index (χ1n) is 8.00. The summed E-state index contributed by atoms with van der Waals surface area (Å²) >= 11 is 0. The van der Waals surface area contributed by atoms with Crippen molar-refractivity contribution in [3.63, 3.8) is 0 Å². The van der Waals surface area contributed by atoms with E-state index in [0.29, 0.717) is 6.04 Å². The predicted octanol–water partition coefficient (Wildman–Crippen LogP) is 3.50. The summed E-state index contributed by atoms with van der Waals surface area (Å²) in [5.41, 5.74) is -0.144. The maximum atomic E-state index is 9.46. The van der Waals surface area contributed by atoms with Crippen LogP contribution in [0.15, 0.2) is 0 Å². The molecule has 3 heteroatoms. The van der Waals surface area contributed by atoms with Crippen LogP contribution in [0.5, 0.6) is 0 Å². The van der Waals surface area contributed by atoms with Gasteiger partial charge in [-0.1, -0.05) is 40.0 Å². The molecule has 0 spiro atoms. The van der Waals surface area contributed by atoms with Crippen LogP contribution in [0.2, 0.25) is 0 Å². The summed E-state index contributed by atoms with van der Waals surface area (Å²) in [6.45, 7) is 10.5. The molecule has 0 bridgehead atoms. The van der Waals surface area contributed by atoms with E-state index in [1.54, 1.807) is 0 Å². The van der Waals surface area contributed by atoms with E-state index in [-0.39, 0.29) is 12.1 Å². The van der Waals surface area contributed by atoms with Gasteiger partial charge in [-0.3, -0.25) is 0 Å². The third kappa shape index (κ3) is 11.4. The fourth-order valence-corrected chi connectivity index (χ4v) is 2.35. The van der Waals surface area contributed by atoms with Gasteiger partial charge in [0.25, 0.3) is 0 Å². The Balaban J connectivity index is 3.46. The van der Waals surface area contributed by atoms with E-state index >= 15 is 0 Å². The fraction of sp³-hybridized carbons (Fsp3) is 1.00. The Bertz CT molecular complexity index is 197. The molecule has 2 N–H and O–H groups in total. The number of unbranched alkanes of at least 4 members (excludes halogenated alkanes) is 4. The fourth-order valence-electron chi connectivity index (χ4n) is 2.35. The SMILES string of the molecule is CCCCCCOCCCCC(C)(CO)NC(C)C. The minimum Gasteiger partial charge on any atom is -0.394 e. The summed E-state index contributed by atoms with van der Waals surface area (Å²) in [4.78, 5) is 0. The Labute approximate surface area is 120 Å². The Morgan fingerprint density at radius 2 is 1.68 bits per heavy atom. The van der Waals surface area contributed by atoms with Crippen LogP contribution in [-0.2, 0) is 4.74 Å². The summed E-state index contributed by atoms with van der Waals surface area (Å²) in [5, 5.41) is 12.9. The molecule has 1 unspecified atom stereocenters. The number of hydrogen-bond donors (Lipinski definition) is 2. The first-order valence-corrected chi connectivity index (χ1v) is 8.00. The van der Waals surface area contributed by atoms with Crippen molar-refractivity contribution in [1.29, 1.82) is 0 Å². The van der Waals surface area contributed by atoms with Crippen molar-refractivity contribution >= 4 is 0 Å². The minimum absolute atomic E-state index is 0.144. The van der Waals surface area contributed by atoms with E-state index < -0.39 is 0 Å². The van der Waals surface area contributed by atoms with E-state index in [4.69, 9.17) is 4.74 Å². The van der Waals surface area contributed by atoms with Gasteiger partial charge >= 0.3 is 0 Å². The zero-order valence-corrected chi connectivity index (χ0v) is 13.5. The maximum Gasteiger partial charge on any atom is 0.0610 e. The van der Waals surface area contributed by atoms with Crippen molar-refractivity contribution in [1.82, 2.24) is 5.32 Å². The monoisotopic (exact) mass is 273 g/mol. The van der Waals surface area contributed by atoms with Crippen molar-refractivity contribution in [3.8, 4) is 0 Å². The molecule has 0 heterocycles. The van der Waals surface area contributed by atoms with Crippen LogP contribution in [-0.4, -0.2) is 36.5 Å². The highest BCUT2D eigenvalue weighted by Crippen LogP contribution is 2.14. The quantitative estimate of drug-likeness (QED) is 0.505. The molecule has 0 aromatic rings. The average Bonchev–Trinajstić information content (AvgIpc) is 2.36. The van der Waals surface area contributed by atoms with Gasteiger partial charge in [-0.15, -0.1) is 0 Å². The Morgan fingerprint density at radius 3 is 2.21 bits per heavy atom. The van der Waals surface area contributed by atoms with Gasteiger partial charge in [0.2, 0.25) is 0 Å². The average molecular weight is 273 g/mol. The van der Waals surface area contributed by atoms with Gasteiger partial charge in [0.15, 0.2) is 0 Å². The van der Waals surface area contributed by atoms with E-state index in [1.165, 1.54) is 25.7 Å². The Morgan fingerprint density at radius 1 is 1.05 bits per heavy atom. The second-order valence-electron chi connectivity index (χ2n) is 6.15. The predicted molar refractivity (Wildman–Crippen MR) is 82.6 cm³/mol. The molecule has 0 fully saturated rings. The molecule has 0 saturated heterocycles. The summed E-state index contributed by atoms with van der Waals surface area (Å²) in [7, 11) is 0. The largest absolute Gasteiger partial charge is 0.394 e. The van der Waals surface area contributed by atoms with Crippen molar-refractivity contribution < 1.29 is 9.84 Å². The second kappa shape index (κ2) is 11.7. The second-order valence-corrected chi connectivity index (χ2v) is 6.15. The molecule has 3 nitrogen and oxygen atoms in total. The number of hydrogen-bond acceptors (Lipinski definition) is 3. The van der Waals surface area contributed by atoms with Gasteiger partial charge in [-0.25, -0.2) is 0 Å². The van der Waals surface area contributed by atoms with Gasteiger partial charge in [-0.2, -0.15) is 0 Å². The van der Waals surface area contributed by atoms with Gasteiger partial charge in [0.05, 0.1) is 6.61 Å². The lowest BCUT2D eigenvalue weighted by Gasteiger charge is -2.31. The zero-order valence-electron chi connectivity index (χ0n) is 13.5. The number of aliphatic hydroxyl groups is 1. The lowest BCUT2D eigenvalue weighted by Crippen LogP contribution is -2.49. The normalized spacial score (nSPS) is 14.8. The molecular weight excluding hydrogens is 238 g/mol. The molecule has 0 aromatic heterocycles. The smallest absolute Gasteiger partial charge is 0.0610 e. The topological polar surface area (TPSA) is 41.5 Å². The molecular formula is C16H35NO2. The molecule has 0 aromatic carbocycles. The molecule has 0 aliphatic heterocycles. The van der Waals surface area contributed by atoms with Gasteiger partial charge in [0, 0.05) is 24.8 Å². The number of aliphatic hydroxyl groups excluding tert-OH is 1. The molecule has 0 aliphatic rings. The van der Waals surface area contributed by atoms with Gasteiger partial charge in [0.1, 0.15) is 0 Å². The molecule has 0 radical (unpaired) electrons. The molecule has 0 amide bonds. The zero-order chi connectivity index (χ0) is 14.6. The van der Waals surface area contributed by atoms with Crippen molar-refractivity contribution in [2.45, 2.75) is 84.2 Å². The van der Waals surface area contributed by atoms with E-state index in [2.05, 4.69) is 33.0 Å². The van der Waals surface area contributed by atoms with Crippen LogP contribution in [0.4, 0.5) is 0 Å². The third-order valence-electron chi connectivity index (χ3n) is 3.40. The molecule has 19 heavy (non-hydrogen) atoms. The molecule has 0 aliphatic carbocycles. The lowest BCUT2D eigenvalue weighted by molar-refractivity contribution is 0.117. The van der Waals surface area contributed by atoms with Crippen molar-refractivity contribution in [2.75, 3.05) is 19.8 Å². The van der Waals surface area contributed by atoms with Crippen LogP contribution in [0, 0.1) is 0 Å². The molecule has 0 rings (SSSR count). The van der Waals surface area contributed by atoms with Gasteiger partial charge in [-0.05, 0) is 32.6 Å². The van der Waals surface area contributed by atoms with E-state index in [9.17, 15) is 5.11 Å². The standard InChI is InChI=1S/C16H35NO2/c1-5-6-7-9-12-19-13-10-8-11-16(4,14-18)17-15(2)3/h15,17-18H,5-14H2,1-4H3. The number of nitrogens with one attached hydrogen (secondary N) is 1. The highest BCUT2D eigenvalue weighted by molar-refractivity contribution is 4.83. The lowest BCUT2D eigenvalue weighted by atomic mass is 9.95. The summed E-state index contributed by atoms with van der Waals surface area (Å²) in [5.74, 6) is 0. The molecule has 0 saturated carbocycles. The third-order valence-corrected chi connectivity index (χ3v) is 3.40. The highest BCUT2D eigenvalue weighted by atomic mass is 16.5. The summed E-state index contributed by atoms with van der Waals surface area (Å²) in [6.07, 6.45) is 8.27. The minimum atomic E-state index is -0.144. The van der Waals surface area contributed by atoms with Crippen LogP contribution >= 0.6 is 0 Å². The van der Waals surface area contributed by atoms with Gasteiger partial charge < -0.3 is 15.2 Å². The number of ether oxygens (including phenoxy) is 1. The van der Waals surface area contributed by atoms with Crippen LogP contribution in [0.25, 0.3) is 0 Å². The van der Waals surface area contributed by atoms with Crippen LogP contribution in [0.1, 0.15) is 72.6 Å². The highest BCUT2D eigenvalue weighted by Gasteiger charge is 2.22. The maximum absolute atomic E-state index is 9.46. The first-order chi connectivity index (χ1) is 9.04. The Kier molecular flexibility index (Phi) is 11.6. The van der Waals surface area contributed by atoms with E-state index in [0.717, 1.165) is 32.5 Å². The Hall–Kier alpha value is -0.120. The van der Waals surface area contributed by atoms with Crippen LogP contribution < -0.4 is 5.32 Å². The molecule has 1 atom stereocenters.